The first-order valence-electron chi connectivity index (χ1n) is 5.87. The molecule has 0 unspecified atom stereocenters. The lowest BCUT2D eigenvalue weighted by Gasteiger charge is -2.10. The van der Waals surface area contributed by atoms with E-state index in [4.69, 9.17) is 0 Å². The number of anilines is 1. The van der Waals surface area contributed by atoms with Crippen LogP contribution in [-0.4, -0.2) is 16.1 Å². The van der Waals surface area contributed by atoms with Crippen LogP contribution >= 0.6 is 15.9 Å². The van der Waals surface area contributed by atoms with E-state index in [1.165, 1.54) is 12.1 Å². The van der Waals surface area contributed by atoms with Gasteiger partial charge in [-0.3, -0.25) is 4.57 Å². The molecule has 1 aromatic heterocycles. The minimum absolute atomic E-state index is 0.259. The molecule has 0 spiro atoms. The fraction of sp³-hybridized carbons (Fsp3) is 0.308. The normalized spacial score (nSPS) is 10.7. The summed E-state index contributed by atoms with van der Waals surface area (Å²) in [4.78, 5) is 4.43. The predicted molar refractivity (Wildman–Crippen MR) is 74.7 cm³/mol. The van der Waals surface area contributed by atoms with Crippen LogP contribution in [0.3, 0.4) is 0 Å². The molecule has 2 aromatic rings. The number of rotatable bonds is 4. The van der Waals surface area contributed by atoms with Crippen LogP contribution in [0.25, 0.3) is 5.69 Å². The summed E-state index contributed by atoms with van der Waals surface area (Å²) in [5.41, 5.74) is 1.79. The number of aryl methyl sites for hydroxylation is 1. The van der Waals surface area contributed by atoms with Crippen LogP contribution in [0.15, 0.2) is 28.9 Å². The summed E-state index contributed by atoms with van der Waals surface area (Å²) in [7, 11) is 0. The quantitative estimate of drug-likeness (QED) is 0.928. The minimum atomic E-state index is -0.259. The summed E-state index contributed by atoms with van der Waals surface area (Å²) in [6.45, 7) is 4.89. The van der Waals surface area contributed by atoms with E-state index in [0.717, 1.165) is 30.3 Å². The molecule has 0 saturated carbocycles. The molecule has 0 fully saturated rings. The topological polar surface area (TPSA) is 29.9 Å². The van der Waals surface area contributed by atoms with E-state index in [9.17, 15) is 4.39 Å². The molecule has 0 aliphatic carbocycles. The highest BCUT2D eigenvalue weighted by atomic mass is 79.9. The molecule has 18 heavy (non-hydrogen) atoms. The van der Waals surface area contributed by atoms with Crippen molar-refractivity contribution >= 4 is 21.9 Å². The van der Waals surface area contributed by atoms with E-state index < -0.39 is 0 Å². The molecule has 2 rings (SSSR count). The van der Waals surface area contributed by atoms with Crippen molar-refractivity contribution in [1.82, 2.24) is 9.55 Å². The summed E-state index contributed by atoms with van der Waals surface area (Å²) in [5.74, 6) is 0.521. The largest absolute Gasteiger partial charge is 0.355 e. The average molecular weight is 312 g/mol. The maximum Gasteiger partial charge on any atom is 0.207 e. The van der Waals surface area contributed by atoms with Crippen molar-refractivity contribution in [2.45, 2.75) is 20.3 Å². The second-order valence-corrected chi connectivity index (χ2v) is 4.95. The van der Waals surface area contributed by atoms with Crippen molar-refractivity contribution < 1.29 is 4.39 Å². The molecule has 3 nitrogen and oxygen atoms in total. The zero-order valence-corrected chi connectivity index (χ0v) is 12.0. The Morgan fingerprint density at radius 2 is 2.22 bits per heavy atom. The maximum absolute atomic E-state index is 13.1. The first-order chi connectivity index (χ1) is 8.61. The number of benzene rings is 1. The van der Waals surface area contributed by atoms with Gasteiger partial charge in [0.2, 0.25) is 5.95 Å². The maximum atomic E-state index is 13.1. The van der Waals surface area contributed by atoms with Gasteiger partial charge in [-0.15, -0.1) is 0 Å². The van der Waals surface area contributed by atoms with Crippen molar-refractivity contribution in [3.63, 3.8) is 0 Å². The summed E-state index contributed by atoms with van der Waals surface area (Å²) in [6, 6.07) is 4.63. The highest BCUT2D eigenvalue weighted by Crippen LogP contribution is 2.25. The number of imidazole rings is 1. The van der Waals surface area contributed by atoms with Crippen molar-refractivity contribution in [1.29, 1.82) is 0 Å². The summed E-state index contributed by atoms with van der Waals surface area (Å²) >= 11 is 3.38. The van der Waals surface area contributed by atoms with E-state index >= 15 is 0 Å². The molecule has 0 saturated heterocycles. The number of aromatic nitrogens is 2. The highest BCUT2D eigenvalue weighted by Gasteiger charge is 2.10. The van der Waals surface area contributed by atoms with Gasteiger partial charge >= 0.3 is 0 Å². The van der Waals surface area contributed by atoms with Gasteiger partial charge in [0.05, 0.1) is 11.4 Å². The highest BCUT2D eigenvalue weighted by molar-refractivity contribution is 9.10. The number of hydrogen-bond acceptors (Lipinski definition) is 2. The van der Waals surface area contributed by atoms with Gasteiger partial charge in [0.1, 0.15) is 5.82 Å². The smallest absolute Gasteiger partial charge is 0.207 e. The molecule has 5 heteroatoms. The Balaban J connectivity index is 2.42. The van der Waals surface area contributed by atoms with E-state index in [2.05, 4.69) is 33.2 Å². The van der Waals surface area contributed by atoms with Crippen LogP contribution in [0.2, 0.25) is 0 Å². The zero-order valence-electron chi connectivity index (χ0n) is 10.4. The Morgan fingerprint density at radius 1 is 1.44 bits per heavy atom. The fourth-order valence-corrected chi connectivity index (χ4v) is 2.26. The van der Waals surface area contributed by atoms with E-state index in [-0.39, 0.29) is 5.82 Å². The van der Waals surface area contributed by atoms with Crippen molar-refractivity contribution in [2.75, 3.05) is 11.9 Å². The molecular weight excluding hydrogens is 297 g/mol. The summed E-state index contributed by atoms with van der Waals surface area (Å²) in [6.07, 6.45) is 2.95. The molecule has 0 aliphatic heterocycles. The van der Waals surface area contributed by atoms with Gasteiger partial charge in [0.25, 0.3) is 0 Å². The third-order valence-electron chi connectivity index (χ3n) is 2.53. The number of nitrogens with zero attached hydrogens (tertiary/aromatic N) is 2. The molecule has 1 heterocycles. The first-order valence-corrected chi connectivity index (χ1v) is 6.66. The lowest BCUT2D eigenvalue weighted by molar-refractivity contribution is 0.626. The third-order valence-corrected chi connectivity index (χ3v) is 3.16. The van der Waals surface area contributed by atoms with Crippen molar-refractivity contribution in [3.05, 3.63) is 40.4 Å². The fourth-order valence-electron chi connectivity index (χ4n) is 1.72. The first kappa shape index (κ1) is 13.1. The average Bonchev–Trinajstić information content (AvgIpc) is 2.67. The Bertz CT molecular complexity index is 551. The molecule has 96 valence electrons. The van der Waals surface area contributed by atoms with Gasteiger partial charge in [0.15, 0.2) is 0 Å². The number of hydrogen-bond donors (Lipinski definition) is 1. The Morgan fingerprint density at radius 3 is 2.89 bits per heavy atom. The Hall–Kier alpha value is -1.36. The predicted octanol–water partition coefficient (Wildman–Crippen LogP) is 3.90. The van der Waals surface area contributed by atoms with Crippen LogP contribution in [-0.2, 0) is 0 Å². The minimum Gasteiger partial charge on any atom is -0.355 e. The summed E-state index contributed by atoms with van der Waals surface area (Å²) < 4.78 is 15.7. The SMILES string of the molecule is CCCNc1nc(C)cn1-c1ccc(F)cc1Br. The van der Waals surface area contributed by atoms with Gasteiger partial charge in [-0.1, -0.05) is 6.92 Å². The summed E-state index contributed by atoms with van der Waals surface area (Å²) in [5, 5.41) is 3.26. The third kappa shape index (κ3) is 2.72. The second kappa shape index (κ2) is 5.52. The molecule has 0 bridgehead atoms. The van der Waals surface area contributed by atoms with Crippen LogP contribution < -0.4 is 5.32 Å². The Kier molecular flexibility index (Phi) is 4.01. The monoisotopic (exact) mass is 311 g/mol. The molecule has 1 aromatic carbocycles. The van der Waals surface area contributed by atoms with Crippen LogP contribution in [0.5, 0.6) is 0 Å². The number of nitrogens with one attached hydrogen (secondary N) is 1. The van der Waals surface area contributed by atoms with E-state index in [0.29, 0.717) is 4.47 Å². The van der Waals surface area contributed by atoms with Crippen molar-refractivity contribution in [2.24, 2.45) is 0 Å². The van der Waals surface area contributed by atoms with Crippen molar-refractivity contribution in [3.8, 4) is 5.69 Å². The van der Waals surface area contributed by atoms with E-state index in [1.54, 1.807) is 6.07 Å². The zero-order chi connectivity index (χ0) is 13.1. The lowest BCUT2D eigenvalue weighted by Crippen LogP contribution is -2.07. The molecular formula is C13H15BrFN3. The van der Waals surface area contributed by atoms with Crippen LogP contribution in [0.4, 0.5) is 10.3 Å². The number of halogens is 2. The lowest BCUT2D eigenvalue weighted by atomic mass is 10.3. The van der Waals surface area contributed by atoms with Gasteiger partial charge in [-0.05, 0) is 47.5 Å². The molecule has 0 amide bonds. The van der Waals surface area contributed by atoms with Gasteiger partial charge in [0, 0.05) is 17.2 Å². The second-order valence-electron chi connectivity index (χ2n) is 4.10. The van der Waals surface area contributed by atoms with E-state index in [1.807, 2.05) is 17.7 Å². The molecule has 0 radical (unpaired) electrons. The van der Waals surface area contributed by atoms with Gasteiger partial charge < -0.3 is 5.32 Å². The molecule has 0 aliphatic rings. The van der Waals surface area contributed by atoms with Crippen LogP contribution in [0.1, 0.15) is 19.0 Å². The van der Waals surface area contributed by atoms with Crippen LogP contribution in [0, 0.1) is 12.7 Å². The molecule has 0 atom stereocenters. The standard InChI is InChI=1S/C13H15BrFN3/c1-3-6-16-13-17-9(2)8-18(13)12-5-4-10(15)7-11(12)14/h4-5,7-8H,3,6H2,1-2H3,(H,16,17). The Labute approximate surface area is 114 Å². The van der Waals surface area contributed by atoms with Gasteiger partial charge in [-0.25, -0.2) is 9.37 Å². The molecule has 1 N–H and O–H groups in total. The van der Waals surface area contributed by atoms with Gasteiger partial charge in [-0.2, -0.15) is 0 Å².